The van der Waals surface area contributed by atoms with Gasteiger partial charge in [0.25, 0.3) is 0 Å². The van der Waals surface area contributed by atoms with E-state index in [1.54, 1.807) is 0 Å². The van der Waals surface area contributed by atoms with Gasteiger partial charge in [-0.2, -0.15) is 0 Å². The molecule has 7 nitrogen and oxygen atoms in total. The Kier molecular flexibility index (Phi) is 7.77. The fraction of sp³-hybridized carbons (Fsp3) is 0.381. The van der Waals surface area contributed by atoms with Crippen molar-refractivity contribution in [1.29, 1.82) is 0 Å². The van der Waals surface area contributed by atoms with Gasteiger partial charge >= 0.3 is 0 Å². The van der Waals surface area contributed by atoms with Crippen LogP contribution in [-0.2, 0) is 0 Å². The highest BCUT2D eigenvalue weighted by molar-refractivity contribution is 7.18. The van der Waals surface area contributed by atoms with Gasteiger partial charge in [-0.25, -0.2) is 9.37 Å². The third-order valence-corrected chi connectivity index (χ3v) is 5.61. The van der Waals surface area contributed by atoms with Crippen LogP contribution < -0.4 is 15.8 Å². The van der Waals surface area contributed by atoms with Crippen LogP contribution in [0.15, 0.2) is 24.3 Å². The summed E-state index contributed by atoms with van der Waals surface area (Å²) >= 11 is 7.69. The molecule has 0 radical (unpaired) electrons. The molecule has 3 rings (SSSR count). The predicted molar refractivity (Wildman–Crippen MR) is 122 cm³/mol. The molecule has 0 spiro atoms. The Balaban J connectivity index is 1.82. The monoisotopic (exact) mass is 465 g/mol. The van der Waals surface area contributed by atoms with E-state index >= 15 is 0 Å². The van der Waals surface area contributed by atoms with Gasteiger partial charge in [-0.15, -0.1) is 10.2 Å². The normalized spacial score (nSPS) is 12.3. The average Bonchev–Trinajstić information content (AvgIpc) is 3.19. The van der Waals surface area contributed by atoms with Crippen molar-refractivity contribution in [2.24, 2.45) is 5.73 Å². The summed E-state index contributed by atoms with van der Waals surface area (Å²) in [7, 11) is 0. The molecule has 2 aromatic heterocycles. The predicted octanol–water partition coefficient (Wildman–Crippen LogP) is 4.28. The van der Waals surface area contributed by atoms with E-state index in [9.17, 15) is 4.39 Å². The molecule has 0 aliphatic rings. The van der Waals surface area contributed by atoms with Crippen molar-refractivity contribution in [2.45, 2.75) is 39.3 Å². The minimum atomic E-state index is -0.558. The largest absolute Gasteiger partial charge is 0.490 e. The molecule has 2 heterocycles. The Morgan fingerprint density at radius 3 is 2.68 bits per heavy atom. The SMILES string of the molecule is Cc1cc(-c2nnc(-c3cc(F)c(OCC[C@@H](N)CO)cc3Cl)s2)cc(NC(C)C)n1. The lowest BCUT2D eigenvalue weighted by molar-refractivity contribution is 0.227. The minimum absolute atomic E-state index is 0.0257. The summed E-state index contributed by atoms with van der Waals surface area (Å²) in [6.07, 6.45) is 0.397. The molecule has 0 bridgehead atoms. The maximum Gasteiger partial charge on any atom is 0.165 e. The van der Waals surface area contributed by atoms with Crippen LogP contribution in [0.5, 0.6) is 5.75 Å². The van der Waals surface area contributed by atoms with Crippen molar-refractivity contribution in [3.63, 3.8) is 0 Å². The molecule has 0 unspecified atom stereocenters. The summed E-state index contributed by atoms with van der Waals surface area (Å²) in [6, 6.07) is 6.37. The van der Waals surface area contributed by atoms with Crippen LogP contribution >= 0.6 is 22.9 Å². The van der Waals surface area contributed by atoms with Gasteiger partial charge in [0.2, 0.25) is 0 Å². The Morgan fingerprint density at radius 2 is 1.97 bits per heavy atom. The molecule has 166 valence electrons. The number of nitrogens with two attached hydrogens (primary N) is 1. The van der Waals surface area contributed by atoms with E-state index in [4.69, 9.17) is 27.2 Å². The van der Waals surface area contributed by atoms with Crippen LogP contribution in [0, 0.1) is 12.7 Å². The summed E-state index contributed by atoms with van der Waals surface area (Å²) in [5.74, 6) is 0.225. The number of benzene rings is 1. The van der Waals surface area contributed by atoms with Gasteiger partial charge in [0.15, 0.2) is 11.6 Å². The lowest BCUT2D eigenvalue weighted by atomic mass is 10.2. The first-order chi connectivity index (χ1) is 14.8. The van der Waals surface area contributed by atoms with Crippen LogP contribution in [0.1, 0.15) is 26.0 Å². The second kappa shape index (κ2) is 10.3. The number of nitrogens with zero attached hydrogens (tertiary/aromatic N) is 3. The van der Waals surface area contributed by atoms with Crippen LogP contribution in [0.2, 0.25) is 5.02 Å². The smallest absolute Gasteiger partial charge is 0.165 e. The number of rotatable bonds is 9. The maximum absolute atomic E-state index is 14.6. The van der Waals surface area contributed by atoms with E-state index in [0.717, 1.165) is 17.1 Å². The molecule has 0 saturated heterocycles. The van der Waals surface area contributed by atoms with E-state index in [1.165, 1.54) is 23.5 Å². The van der Waals surface area contributed by atoms with Gasteiger partial charge in [-0.3, -0.25) is 0 Å². The zero-order valence-electron chi connectivity index (χ0n) is 17.5. The van der Waals surface area contributed by atoms with Gasteiger partial charge in [0.05, 0.1) is 18.2 Å². The van der Waals surface area contributed by atoms with E-state index in [1.807, 2.05) is 32.9 Å². The number of hydrogen-bond donors (Lipinski definition) is 3. The number of halogens is 2. The maximum atomic E-state index is 14.6. The summed E-state index contributed by atoms with van der Waals surface area (Å²) in [4.78, 5) is 4.48. The molecule has 0 aliphatic carbocycles. The highest BCUT2D eigenvalue weighted by atomic mass is 35.5. The van der Waals surface area contributed by atoms with Crippen LogP contribution in [0.3, 0.4) is 0 Å². The lowest BCUT2D eigenvalue weighted by Gasteiger charge is -2.11. The van der Waals surface area contributed by atoms with Crippen molar-refractivity contribution in [3.05, 3.63) is 40.8 Å². The standard InChI is InChI=1S/C21H25ClFN5O2S/c1-11(2)25-19-7-13(6-12(3)26-19)20-27-28-21(31-20)15-8-17(23)18(9-16(15)22)30-5-4-14(24)10-29/h6-9,11,14,29H,4-5,10,24H2,1-3H3,(H,25,26)/t14-/m1/s1. The third kappa shape index (κ3) is 6.10. The van der Waals surface area contributed by atoms with E-state index < -0.39 is 11.9 Å². The fourth-order valence-corrected chi connectivity index (χ4v) is 3.99. The topological polar surface area (TPSA) is 106 Å². The van der Waals surface area contributed by atoms with Crippen LogP contribution in [-0.4, -0.2) is 45.6 Å². The van der Waals surface area contributed by atoms with Crippen LogP contribution in [0.4, 0.5) is 10.2 Å². The molecule has 0 amide bonds. The first-order valence-corrected chi connectivity index (χ1v) is 11.0. The zero-order valence-corrected chi connectivity index (χ0v) is 19.1. The van der Waals surface area contributed by atoms with Gasteiger partial charge in [-0.1, -0.05) is 22.9 Å². The molecule has 3 aromatic rings. The number of ether oxygens (including phenoxy) is 1. The van der Waals surface area contributed by atoms with E-state index in [2.05, 4.69) is 20.5 Å². The number of aryl methyl sites for hydroxylation is 1. The zero-order chi connectivity index (χ0) is 22.5. The number of hydrogen-bond acceptors (Lipinski definition) is 8. The van der Waals surface area contributed by atoms with Gasteiger partial charge in [0, 0.05) is 35.0 Å². The molecule has 0 fully saturated rings. The Hall–Kier alpha value is -2.33. The molecule has 0 aliphatic heterocycles. The number of aliphatic hydroxyl groups is 1. The van der Waals surface area contributed by atoms with Crippen molar-refractivity contribution in [3.8, 4) is 26.9 Å². The Bertz CT molecular complexity index is 1050. The highest BCUT2D eigenvalue weighted by Crippen LogP contribution is 2.37. The molecule has 1 atom stereocenters. The molecule has 10 heteroatoms. The van der Waals surface area contributed by atoms with Gasteiger partial charge in [0.1, 0.15) is 15.8 Å². The minimum Gasteiger partial charge on any atom is -0.490 e. The number of aliphatic hydroxyl groups excluding tert-OH is 1. The molecule has 0 saturated carbocycles. The van der Waals surface area contributed by atoms with Gasteiger partial charge in [-0.05, 0) is 45.4 Å². The van der Waals surface area contributed by atoms with E-state index in [-0.39, 0.29) is 25.0 Å². The number of pyridine rings is 1. The van der Waals surface area contributed by atoms with Crippen molar-refractivity contribution >= 4 is 28.8 Å². The molecular formula is C21H25ClFN5O2S. The number of anilines is 1. The lowest BCUT2D eigenvalue weighted by Crippen LogP contribution is -2.26. The Morgan fingerprint density at radius 1 is 1.23 bits per heavy atom. The van der Waals surface area contributed by atoms with Crippen molar-refractivity contribution in [1.82, 2.24) is 15.2 Å². The van der Waals surface area contributed by atoms with Gasteiger partial charge < -0.3 is 20.9 Å². The summed E-state index contributed by atoms with van der Waals surface area (Å²) in [5.41, 5.74) is 7.79. The first-order valence-electron chi connectivity index (χ1n) is 9.84. The molecule has 31 heavy (non-hydrogen) atoms. The molecular weight excluding hydrogens is 441 g/mol. The quantitative estimate of drug-likeness (QED) is 0.433. The van der Waals surface area contributed by atoms with Crippen molar-refractivity contribution in [2.75, 3.05) is 18.5 Å². The van der Waals surface area contributed by atoms with E-state index in [0.29, 0.717) is 27.0 Å². The highest BCUT2D eigenvalue weighted by Gasteiger charge is 2.17. The second-order valence-electron chi connectivity index (χ2n) is 7.44. The number of nitrogens with one attached hydrogen (secondary N) is 1. The fourth-order valence-electron chi connectivity index (χ4n) is 2.83. The van der Waals surface area contributed by atoms with Crippen LogP contribution in [0.25, 0.3) is 21.1 Å². The summed E-state index contributed by atoms with van der Waals surface area (Å²) in [6.45, 7) is 6.01. The molecule has 4 N–H and O–H groups in total. The third-order valence-electron chi connectivity index (χ3n) is 4.29. The molecule has 1 aromatic carbocycles. The summed E-state index contributed by atoms with van der Waals surface area (Å²) < 4.78 is 20.0. The average molecular weight is 466 g/mol. The Labute approximate surface area is 189 Å². The second-order valence-corrected chi connectivity index (χ2v) is 8.82. The first kappa shape index (κ1) is 23.3. The summed E-state index contributed by atoms with van der Waals surface area (Å²) in [5, 5.41) is 22.2. The van der Waals surface area contributed by atoms with Crippen molar-refractivity contribution < 1.29 is 14.2 Å². The number of aromatic nitrogens is 3.